The molecule has 3 rings (SSSR count). The van der Waals surface area contributed by atoms with Crippen molar-refractivity contribution in [1.82, 2.24) is 10.2 Å². The molecular formula is C24H33ClN2O4. The Bertz CT molecular complexity index is 848. The average Bonchev–Trinajstić information content (AvgIpc) is 3.24. The third-order valence-corrected chi connectivity index (χ3v) is 7.09. The van der Waals surface area contributed by atoms with Gasteiger partial charge in [0.2, 0.25) is 11.8 Å². The van der Waals surface area contributed by atoms with Gasteiger partial charge in [0.25, 0.3) is 0 Å². The van der Waals surface area contributed by atoms with E-state index in [0.29, 0.717) is 16.2 Å². The number of aliphatic hydroxyl groups is 2. The number of piperidine rings is 1. The van der Waals surface area contributed by atoms with Gasteiger partial charge in [-0.3, -0.25) is 9.59 Å². The molecule has 3 atom stereocenters. The van der Waals surface area contributed by atoms with E-state index >= 15 is 0 Å². The van der Waals surface area contributed by atoms with Crippen molar-refractivity contribution >= 4 is 23.4 Å². The number of rotatable bonds is 5. The van der Waals surface area contributed by atoms with Crippen LogP contribution in [0.2, 0.25) is 5.02 Å². The van der Waals surface area contributed by atoms with Crippen LogP contribution in [-0.4, -0.2) is 52.2 Å². The lowest BCUT2D eigenvalue weighted by molar-refractivity contribution is -0.199. The van der Waals surface area contributed by atoms with Gasteiger partial charge in [-0.25, -0.2) is 0 Å². The molecule has 1 saturated carbocycles. The van der Waals surface area contributed by atoms with E-state index in [1.54, 1.807) is 31.2 Å². The van der Waals surface area contributed by atoms with Gasteiger partial charge in [-0.2, -0.15) is 0 Å². The minimum atomic E-state index is -1.56. The first-order valence-electron chi connectivity index (χ1n) is 10.9. The molecule has 1 aromatic carbocycles. The predicted molar refractivity (Wildman–Crippen MR) is 120 cm³/mol. The molecule has 1 aliphatic carbocycles. The molecule has 3 N–H and O–H groups in total. The molecule has 2 amide bonds. The van der Waals surface area contributed by atoms with Crippen LogP contribution in [0.5, 0.6) is 0 Å². The average molecular weight is 449 g/mol. The molecule has 2 fully saturated rings. The number of nitrogens with zero attached hydrogens (tertiary/aromatic N) is 1. The van der Waals surface area contributed by atoms with Crippen LogP contribution in [0.3, 0.4) is 0 Å². The number of carbonyl (C=O) groups is 2. The number of hydrogen-bond acceptors (Lipinski definition) is 4. The molecule has 0 unspecified atom stereocenters. The summed E-state index contributed by atoms with van der Waals surface area (Å²) in [5.74, 6) is -0.495. The summed E-state index contributed by atoms with van der Waals surface area (Å²) in [6, 6.07) is 5.89. The number of aliphatic hydroxyl groups excluding tert-OH is 1. The molecule has 7 heteroatoms. The van der Waals surface area contributed by atoms with Crippen molar-refractivity contribution in [2.45, 2.75) is 64.2 Å². The van der Waals surface area contributed by atoms with E-state index in [2.05, 4.69) is 11.9 Å². The van der Waals surface area contributed by atoms with Crippen LogP contribution >= 0.6 is 11.6 Å². The van der Waals surface area contributed by atoms with E-state index in [-0.39, 0.29) is 30.8 Å². The fraction of sp³-hybridized carbons (Fsp3) is 0.583. The molecule has 0 bridgehead atoms. The molecule has 6 nitrogen and oxygen atoms in total. The second-order valence-electron chi connectivity index (χ2n) is 9.66. The second-order valence-corrected chi connectivity index (χ2v) is 10.1. The number of likely N-dealkylation sites (tertiary alicyclic amines) is 1. The third kappa shape index (κ3) is 4.52. The van der Waals surface area contributed by atoms with E-state index in [1.807, 2.05) is 13.8 Å². The Morgan fingerprint density at radius 2 is 1.81 bits per heavy atom. The van der Waals surface area contributed by atoms with Gasteiger partial charge in [-0.15, -0.1) is 0 Å². The molecule has 2 aliphatic rings. The number of β-amino-alcohol motifs (C(OH)–C–C–N with tert-alkyl or cyclic N) is 1. The van der Waals surface area contributed by atoms with Gasteiger partial charge in [0.15, 0.2) is 0 Å². The van der Waals surface area contributed by atoms with Crippen molar-refractivity contribution < 1.29 is 19.8 Å². The minimum Gasteiger partial charge on any atom is -0.388 e. The Labute approximate surface area is 189 Å². The van der Waals surface area contributed by atoms with Gasteiger partial charge in [-0.1, -0.05) is 57.0 Å². The highest BCUT2D eigenvalue weighted by molar-refractivity contribution is 6.30. The highest BCUT2D eigenvalue weighted by Gasteiger charge is 2.55. The molecule has 1 saturated heterocycles. The summed E-state index contributed by atoms with van der Waals surface area (Å²) in [4.78, 5) is 27.5. The van der Waals surface area contributed by atoms with Crippen molar-refractivity contribution in [1.29, 1.82) is 0 Å². The molecule has 0 spiro atoms. The number of hydrogen-bond donors (Lipinski definition) is 3. The van der Waals surface area contributed by atoms with Crippen molar-refractivity contribution in [3.8, 4) is 0 Å². The Kier molecular flexibility index (Phi) is 6.84. The Morgan fingerprint density at radius 1 is 1.23 bits per heavy atom. The maximum absolute atomic E-state index is 13.4. The summed E-state index contributed by atoms with van der Waals surface area (Å²) in [6.07, 6.45) is 2.52. The first kappa shape index (κ1) is 23.8. The standard InChI is InChI=1S/C24H33ClN2O4/c1-15(2)20(26-21(29)16-7-5-6-8-16)22(30)27-13-19(28)24(31,23(3,4)14-27)17-9-11-18(25)12-10-17/h9-12,16,19-20,28,31H,1,5-8,13-14H2,2-4H3,(H,26,29)/t19-,20+,24-/m0/s1. The summed E-state index contributed by atoms with van der Waals surface area (Å²) in [6.45, 7) is 9.42. The SMILES string of the molecule is C=C(C)[C@@H](NC(=O)C1CCCC1)C(=O)N1C[C@H](O)[C@@](O)(c2ccc(Cl)cc2)C(C)(C)C1. The van der Waals surface area contributed by atoms with Crippen LogP contribution < -0.4 is 5.32 Å². The Morgan fingerprint density at radius 3 is 2.32 bits per heavy atom. The van der Waals surface area contributed by atoms with Crippen molar-refractivity contribution in [3.05, 3.63) is 47.0 Å². The fourth-order valence-electron chi connectivity index (χ4n) is 4.94. The monoisotopic (exact) mass is 448 g/mol. The maximum atomic E-state index is 13.4. The van der Waals surface area contributed by atoms with Gasteiger partial charge in [0, 0.05) is 29.4 Å². The molecule has 170 valence electrons. The summed E-state index contributed by atoms with van der Waals surface area (Å²) in [7, 11) is 0. The zero-order chi connectivity index (χ0) is 23.0. The smallest absolute Gasteiger partial charge is 0.249 e. The lowest BCUT2D eigenvalue weighted by atomic mass is 9.65. The second kappa shape index (κ2) is 8.93. The first-order chi connectivity index (χ1) is 14.5. The van der Waals surface area contributed by atoms with Crippen molar-refractivity contribution in [2.75, 3.05) is 13.1 Å². The van der Waals surface area contributed by atoms with E-state index in [4.69, 9.17) is 11.6 Å². The van der Waals surface area contributed by atoms with Crippen molar-refractivity contribution in [2.24, 2.45) is 11.3 Å². The Hall–Kier alpha value is -1.89. The molecule has 1 aromatic rings. The zero-order valence-electron chi connectivity index (χ0n) is 18.5. The number of halogens is 1. The number of nitrogens with one attached hydrogen (secondary N) is 1. The fourth-order valence-corrected chi connectivity index (χ4v) is 5.06. The van der Waals surface area contributed by atoms with Crippen LogP contribution in [0, 0.1) is 11.3 Å². The lowest BCUT2D eigenvalue weighted by Gasteiger charge is -2.53. The van der Waals surface area contributed by atoms with Crippen LogP contribution in [-0.2, 0) is 15.2 Å². The molecule has 31 heavy (non-hydrogen) atoms. The van der Waals surface area contributed by atoms with E-state index in [0.717, 1.165) is 25.7 Å². The van der Waals surface area contributed by atoms with Crippen LogP contribution in [0.15, 0.2) is 36.4 Å². The van der Waals surface area contributed by atoms with Crippen LogP contribution in [0.25, 0.3) is 0 Å². The Balaban J connectivity index is 1.80. The van der Waals surface area contributed by atoms with Crippen molar-refractivity contribution in [3.63, 3.8) is 0 Å². The summed E-state index contributed by atoms with van der Waals surface area (Å²) in [5.41, 5.74) is -1.32. The summed E-state index contributed by atoms with van der Waals surface area (Å²) < 4.78 is 0. The highest BCUT2D eigenvalue weighted by atomic mass is 35.5. The zero-order valence-corrected chi connectivity index (χ0v) is 19.3. The quantitative estimate of drug-likeness (QED) is 0.604. The van der Waals surface area contributed by atoms with E-state index in [9.17, 15) is 19.8 Å². The maximum Gasteiger partial charge on any atom is 0.249 e. The largest absolute Gasteiger partial charge is 0.388 e. The lowest BCUT2D eigenvalue weighted by Crippen LogP contribution is -2.66. The van der Waals surface area contributed by atoms with Gasteiger partial charge < -0.3 is 20.4 Å². The third-order valence-electron chi connectivity index (χ3n) is 6.84. The number of carbonyl (C=O) groups excluding carboxylic acids is 2. The van der Waals surface area contributed by atoms with Gasteiger partial charge in [-0.05, 0) is 43.0 Å². The van der Waals surface area contributed by atoms with Gasteiger partial charge in [0.1, 0.15) is 17.7 Å². The summed E-state index contributed by atoms with van der Waals surface area (Å²) >= 11 is 5.98. The normalized spacial score (nSPS) is 27.0. The molecule has 0 radical (unpaired) electrons. The van der Waals surface area contributed by atoms with E-state index in [1.165, 1.54) is 4.90 Å². The molecule has 1 aliphatic heterocycles. The van der Waals surface area contributed by atoms with E-state index < -0.39 is 23.2 Å². The first-order valence-corrected chi connectivity index (χ1v) is 11.3. The van der Waals surface area contributed by atoms with Gasteiger partial charge >= 0.3 is 0 Å². The molecule has 1 heterocycles. The van der Waals surface area contributed by atoms with Crippen LogP contribution in [0.1, 0.15) is 52.0 Å². The topological polar surface area (TPSA) is 89.9 Å². The number of amides is 2. The van der Waals surface area contributed by atoms with Gasteiger partial charge in [0.05, 0.1) is 0 Å². The predicted octanol–water partition coefficient (Wildman–Crippen LogP) is 3.01. The molecule has 0 aromatic heterocycles. The molecular weight excluding hydrogens is 416 g/mol. The highest BCUT2D eigenvalue weighted by Crippen LogP contribution is 2.46. The summed E-state index contributed by atoms with van der Waals surface area (Å²) in [5, 5.41) is 25.9. The number of benzene rings is 1. The van der Waals surface area contributed by atoms with Crippen LogP contribution in [0.4, 0.5) is 0 Å². The minimum absolute atomic E-state index is 0.0511.